The predicted molar refractivity (Wildman–Crippen MR) is 73.6 cm³/mol. The zero-order valence-corrected chi connectivity index (χ0v) is 11.4. The van der Waals surface area contributed by atoms with Crippen LogP contribution in [0.15, 0.2) is 30.3 Å². The summed E-state index contributed by atoms with van der Waals surface area (Å²) in [5.41, 5.74) is 1.30. The lowest BCUT2D eigenvalue weighted by Gasteiger charge is -2.10. The highest BCUT2D eigenvalue weighted by atomic mass is 35.5. The summed E-state index contributed by atoms with van der Waals surface area (Å²) >= 11 is 24.1. The van der Waals surface area contributed by atoms with E-state index in [4.69, 9.17) is 46.4 Å². The van der Waals surface area contributed by atoms with Crippen molar-refractivity contribution in [3.05, 3.63) is 50.4 Å². The van der Waals surface area contributed by atoms with Crippen LogP contribution in [-0.2, 0) is 0 Å². The lowest BCUT2D eigenvalue weighted by atomic mass is 10.1. The Labute approximate surface area is 118 Å². The molecule has 2 aromatic rings. The van der Waals surface area contributed by atoms with Gasteiger partial charge in [0.25, 0.3) is 0 Å². The average Bonchev–Trinajstić information content (AvgIpc) is 2.29. The molecule has 0 saturated carbocycles. The molecule has 0 saturated heterocycles. The topological polar surface area (TPSA) is 20.2 Å². The Morgan fingerprint density at radius 1 is 0.765 bits per heavy atom. The van der Waals surface area contributed by atoms with Crippen molar-refractivity contribution >= 4 is 46.4 Å². The first-order valence-corrected chi connectivity index (χ1v) is 6.14. The minimum Gasteiger partial charge on any atom is -0.508 e. The Kier molecular flexibility index (Phi) is 3.74. The normalized spacial score (nSPS) is 10.6. The number of aromatic hydroxyl groups is 1. The lowest BCUT2D eigenvalue weighted by molar-refractivity contribution is 0.475. The molecule has 2 rings (SSSR count). The molecule has 5 heteroatoms. The average molecular weight is 308 g/mol. The van der Waals surface area contributed by atoms with Gasteiger partial charge in [0.2, 0.25) is 0 Å². The lowest BCUT2D eigenvalue weighted by Crippen LogP contribution is -1.84. The summed E-state index contributed by atoms with van der Waals surface area (Å²) in [5.74, 6) is 0.161. The van der Waals surface area contributed by atoms with Crippen LogP contribution in [0.3, 0.4) is 0 Å². The third kappa shape index (κ3) is 2.48. The van der Waals surface area contributed by atoms with E-state index in [2.05, 4.69) is 0 Å². The van der Waals surface area contributed by atoms with Gasteiger partial charge in [-0.3, -0.25) is 0 Å². The minimum absolute atomic E-state index is 0.161. The summed E-state index contributed by atoms with van der Waals surface area (Å²) in [7, 11) is 0. The number of rotatable bonds is 1. The molecule has 0 aromatic heterocycles. The third-order valence-electron chi connectivity index (χ3n) is 2.27. The van der Waals surface area contributed by atoms with Crippen LogP contribution in [0.5, 0.6) is 5.75 Å². The minimum atomic E-state index is 0.161. The van der Waals surface area contributed by atoms with Gasteiger partial charge >= 0.3 is 0 Å². The van der Waals surface area contributed by atoms with Gasteiger partial charge in [-0.15, -0.1) is 0 Å². The summed E-state index contributed by atoms with van der Waals surface area (Å²) < 4.78 is 0. The fourth-order valence-electron chi connectivity index (χ4n) is 1.45. The van der Waals surface area contributed by atoms with Crippen molar-refractivity contribution in [1.82, 2.24) is 0 Å². The molecule has 2 aromatic carbocycles. The molecular formula is C12H6Cl4O. The molecule has 0 aliphatic rings. The van der Waals surface area contributed by atoms with Gasteiger partial charge in [0.15, 0.2) is 0 Å². The van der Waals surface area contributed by atoms with Crippen LogP contribution in [0.2, 0.25) is 20.1 Å². The van der Waals surface area contributed by atoms with Crippen LogP contribution >= 0.6 is 46.4 Å². The van der Waals surface area contributed by atoms with Crippen LogP contribution < -0.4 is 0 Å². The highest BCUT2D eigenvalue weighted by Crippen LogP contribution is 2.43. The van der Waals surface area contributed by atoms with Crippen LogP contribution in [0, 0.1) is 0 Å². The maximum atomic E-state index is 9.23. The molecule has 1 N–H and O–H groups in total. The first-order valence-electron chi connectivity index (χ1n) is 4.63. The van der Waals surface area contributed by atoms with Crippen molar-refractivity contribution in [2.75, 3.05) is 0 Å². The molecule has 0 radical (unpaired) electrons. The van der Waals surface area contributed by atoms with E-state index < -0.39 is 0 Å². The largest absolute Gasteiger partial charge is 0.508 e. The molecule has 1 nitrogen and oxygen atoms in total. The first kappa shape index (κ1) is 12.8. The van der Waals surface area contributed by atoms with Gasteiger partial charge in [-0.05, 0) is 23.8 Å². The molecule has 0 heterocycles. The fraction of sp³-hybridized carbons (Fsp3) is 0. The van der Waals surface area contributed by atoms with E-state index in [1.54, 1.807) is 12.1 Å². The molecule has 88 valence electrons. The summed E-state index contributed by atoms with van der Waals surface area (Å²) in [4.78, 5) is 0. The Morgan fingerprint density at radius 3 is 1.71 bits per heavy atom. The molecular weight excluding hydrogens is 302 g/mol. The van der Waals surface area contributed by atoms with Crippen LogP contribution in [0.4, 0.5) is 0 Å². The van der Waals surface area contributed by atoms with Crippen LogP contribution in [-0.4, -0.2) is 5.11 Å². The van der Waals surface area contributed by atoms with Gasteiger partial charge in [-0.25, -0.2) is 0 Å². The first-order chi connectivity index (χ1) is 8.00. The number of hydrogen-bond acceptors (Lipinski definition) is 1. The molecule has 0 amide bonds. The smallest absolute Gasteiger partial charge is 0.115 e. The van der Waals surface area contributed by atoms with E-state index in [1.165, 1.54) is 18.2 Å². The van der Waals surface area contributed by atoms with Crippen molar-refractivity contribution in [2.24, 2.45) is 0 Å². The number of phenolic OH excluding ortho intramolecular Hbond substituents is 1. The van der Waals surface area contributed by atoms with Crippen molar-refractivity contribution in [3.8, 4) is 16.9 Å². The van der Waals surface area contributed by atoms with Crippen LogP contribution in [0.25, 0.3) is 11.1 Å². The summed E-state index contributed by atoms with van der Waals surface area (Å²) in [6.45, 7) is 0. The Balaban J connectivity index is 2.70. The van der Waals surface area contributed by atoms with Gasteiger partial charge in [0.05, 0.1) is 20.1 Å². The second-order valence-corrected chi connectivity index (χ2v) is 4.96. The van der Waals surface area contributed by atoms with Gasteiger partial charge in [0.1, 0.15) is 5.75 Å². The SMILES string of the molecule is Oc1ccc(-c2c(Cl)c(Cl)cc(Cl)c2Cl)cc1. The van der Waals surface area contributed by atoms with Crippen molar-refractivity contribution < 1.29 is 5.11 Å². The van der Waals surface area contributed by atoms with Gasteiger partial charge in [-0.2, -0.15) is 0 Å². The fourth-order valence-corrected chi connectivity index (χ4v) is 2.48. The van der Waals surface area contributed by atoms with Crippen molar-refractivity contribution in [1.29, 1.82) is 0 Å². The number of phenols is 1. The van der Waals surface area contributed by atoms with E-state index in [0.29, 0.717) is 25.7 Å². The van der Waals surface area contributed by atoms with Gasteiger partial charge in [0, 0.05) is 5.56 Å². The zero-order chi connectivity index (χ0) is 12.6. The quantitative estimate of drug-likeness (QED) is 0.673. The second kappa shape index (κ2) is 4.95. The molecule has 0 bridgehead atoms. The number of hydrogen-bond donors (Lipinski definition) is 1. The molecule has 0 aliphatic heterocycles. The second-order valence-electron chi connectivity index (χ2n) is 3.39. The Hall–Kier alpha value is -0.600. The molecule has 0 spiro atoms. The molecule has 0 fully saturated rings. The molecule has 0 aliphatic carbocycles. The summed E-state index contributed by atoms with van der Waals surface area (Å²) in [5, 5.41) is 10.6. The number of benzene rings is 2. The highest BCUT2D eigenvalue weighted by molar-refractivity contribution is 6.50. The molecule has 0 atom stereocenters. The zero-order valence-electron chi connectivity index (χ0n) is 8.35. The van der Waals surface area contributed by atoms with E-state index >= 15 is 0 Å². The standard InChI is InChI=1S/C12H6Cl4O/c13-8-5-9(14)12(16)10(11(8)15)6-1-3-7(17)4-2-6/h1-5,17H. The van der Waals surface area contributed by atoms with Gasteiger partial charge < -0.3 is 5.11 Å². The van der Waals surface area contributed by atoms with Crippen molar-refractivity contribution in [3.63, 3.8) is 0 Å². The van der Waals surface area contributed by atoms with E-state index in [-0.39, 0.29) is 5.75 Å². The van der Waals surface area contributed by atoms with Crippen LogP contribution in [0.1, 0.15) is 0 Å². The van der Waals surface area contributed by atoms with E-state index in [9.17, 15) is 5.11 Å². The Bertz CT molecular complexity index is 537. The summed E-state index contributed by atoms with van der Waals surface area (Å²) in [6, 6.07) is 7.95. The Morgan fingerprint density at radius 2 is 1.24 bits per heavy atom. The van der Waals surface area contributed by atoms with E-state index in [1.807, 2.05) is 0 Å². The van der Waals surface area contributed by atoms with Crippen molar-refractivity contribution in [2.45, 2.75) is 0 Å². The van der Waals surface area contributed by atoms with Gasteiger partial charge in [-0.1, -0.05) is 58.5 Å². The monoisotopic (exact) mass is 306 g/mol. The maximum absolute atomic E-state index is 9.23. The summed E-state index contributed by atoms with van der Waals surface area (Å²) in [6.07, 6.45) is 0. The maximum Gasteiger partial charge on any atom is 0.115 e. The highest BCUT2D eigenvalue weighted by Gasteiger charge is 2.15. The molecule has 0 unspecified atom stereocenters. The predicted octanol–water partition coefficient (Wildman–Crippen LogP) is 5.67. The van der Waals surface area contributed by atoms with E-state index in [0.717, 1.165) is 5.56 Å². The third-order valence-corrected chi connectivity index (χ3v) is 3.84. The number of halogens is 4. The molecule has 17 heavy (non-hydrogen) atoms.